The highest BCUT2D eigenvalue weighted by atomic mass is 16.5. The fourth-order valence-corrected chi connectivity index (χ4v) is 0.948. The van der Waals surface area contributed by atoms with Crippen LogP contribution in [0.3, 0.4) is 0 Å². The summed E-state index contributed by atoms with van der Waals surface area (Å²) in [6.45, 7) is 8.43. The number of ether oxygens (including phenoxy) is 4. The number of hydrogen-bond acceptors (Lipinski definition) is 5. The van der Waals surface area contributed by atoms with Crippen molar-refractivity contribution in [2.45, 2.75) is 20.8 Å². The van der Waals surface area contributed by atoms with Crippen molar-refractivity contribution < 1.29 is 23.7 Å². The summed E-state index contributed by atoms with van der Waals surface area (Å²) in [6, 6.07) is 0. The Labute approximate surface area is 103 Å². The molecular weight excluding hydrogens is 224 g/mol. The van der Waals surface area contributed by atoms with Gasteiger partial charge in [-0.3, -0.25) is 0 Å². The molecular formula is C12H22O5. The first-order valence-corrected chi connectivity index (χ1v) is 5.83. The summed E-state index contributed by atoms with van der Waals surface area (Å²) in [5.41, 5.74) is 0.446. The van der Waals surface area contributed by atoms with Gasteiger partial charge < -0.3 is 18.9 Å². The average Bonchev–Trinajstić information content (AvgIpc) is 2.32. The van der Waals surface area contributed by atoms with Gasteiger partial charge in [0.15, 0.2) is 0 Å². The van der Waals surface area contributed by atoms with Crippen LogP contribution < -0.4 is 0 Å². The van der Waals surface area contributed by atoms with Crippen LogP contribution >= 0.6 is 0 Å². The van der Waals surface area contributed by atoms with Crippen LogP contribution in [-0.2, 0) is 23.7 Å². The van der Waals surface area contributed by atoms with Gasteiger partial charge in [0, 0.05) is 6.61 Å². The summed E-state index contributed by atoms with van der Waals surface area (Å²) < 4.78 is 20.3. The Kier molecular flexibility index (Phi) is 10.7. The second kappa shape index (κ2) is 11.4. The molecule has 0 N–H and O–H groups in total. The van der Waals surface area contributed by atoms with E-state index < -0.39 is 0 Å². The molecule has 0 unspecified atom stereocenters. The minimum Gasteiger partial charge on any atom is -0.498 e. The van der Waals surface area contributed by atoms with Crippen molar-refractivity contribution >= 4 is 5.97 Å². The molecule has 0 radical (unpaired) electrons. The van der Waals surface area contributed by atoms with Crippen LogP contribution in [0.2, 0.25) is 0 Å². The van der Waals surface area contributed by atoms with Crippen molar-refractivity contribution in [3.8, 4) is 0 Å². The van der Waals surface area contributed by atoms with Crippen LogP contribution in [0.5, 0.6) is 0 Å². The molecule has 0 bridgehead atoms. The minimum absolute atomic E-state index is 0.357. The van der Waals surface area contributed by atoms with E-state index in [-0.39, 0.29) is 5.97 Å². The van der Waals surface area contributed by atoms with E-state index in [0.29, 0.717) is 45.2 Å². The number of esters is 1. The average molecular weight is 246 g/mol. The van der Waals surface area contributed by atoms with Crippen molar-refractivity contribution in [3.63, 3.8) is 0 Å². The number of carbonyl (C=O) groups excluding carboxylic acids is 1. The van der Waals surface area contributed by atoms with E-state index in [0.717, 1.165) is 0 Å². The van der Waals surface area contributed by atoms with Crippen LogP contribution in [0.25, 0.3) is 0 Å². The van der Waals surface area contributed by atoms with Crippen LogP contribution in [0.15, 0.2) is 11.8 Å². The van der Waals surface area contributed by atoms with Crippen molar-refractivity contribution in [2.24, 2.45) is 0 Å². The molecule has 17 heavy (non-hydrogen) atoms. The smallest absolute Gasteiger partial charge is 0.336 e. The summed E-state index contributed by atoms with van der Waals surface area (Å²) in [5.74, 6) is -0.357. The summed E-state index contributed by atoms with van der Waals surface area (Å²) in [5, 5.41) is 0. The summed E-state index contributed by atoms with van der Waals surface area (Å²) in [6.07, 6.45) is 1.39. The fourth-order valence-electron chi connectivity index (χ4n) is 0.948. The van der Waals surface area contributed by atoms with Gasteiger partial charge in [0.1, 0.15) is 6.61 Å². The highest BCUT2D eigenvalue weighted by molar-refractivity contribution is 5.87. The third-order valence-electron chi connectivity index (χ3n) is 1.78. The fraction of sp³-hybridized carbons (Fsp3) is 0.750. The molecule has 0 aliphatic carbocycles. The molecule has 0 rings (SSSR count). The Morgan fingerprint density at radius 3 is 2.29 bits per heavy atom. The molecule has 5 nitrogen and oxygen atoms in total. The Morgan fingerprint density at radius 2 is 1.65 bits per heavy atom. The molecule has 0 aromatic carbocycles. The number of rotatable bonds is 10. The quantitative estimate of drug-likeness (QED) is 0.253. The molecule has 0 aromatic rings. The first-order chi connectivity index (χ1) is 8.22. The van der Waals surface area contributed by atoms with Gasteiger partial charge in [-0.25, -0.2) is 4.79 Å². The normalized spacial score (nSPS) is 11.4. The van der Waals surface area contributed by atoms with E-state index in [9.17, 15) is 4.79 Å². The second-order valence-electron chi connectivity index (χ2n) is 3.20. The van der Waals surface area contributed by atoms with Crippen LogP contribution in [-0.4, -0.2) is 45.6 Å². The zero-order valence-electron chi connectivity index (χ0n) is 10.9. The molecule has 0 aliphatic rings. The van der Waals surface area contributed by atoms with Crippen LogP contribution in [0.4, 0.5) is 0 Å². The SMILES string of the molecule is CCOCCOCCOC=C(C)C(=O)OCC. The lowest BCUT2D eigenvalue weighted by atomic mass is 10.3. The molecule has 0 saturated carbocycles. The Balaban J connectivity index is 3.42. The predicted octanol–water partition coefficient (Wildman–Crippen LogP) is 1.52. The van der Waals surface area contributed by atoms with Crippen LogP contribution in [0, 0.1) is 0 Å². The van der Waals surface area contributed by atoms with Gasteiger partial charge in [-0.05, 0) is 20.8 Å². The maximum Gasteiger partial charge on any atom is 0.336 e. The van der Waals surface area contributed by atoms with Gasteiger partial charge in [-0.15, -0.1) is 0 Å². The molecule has 0 fully saturated rings. The second-order valence-corrected chi connectivity index (χ2v) is 3.20. The van der Waals surface area contributed by atoms with Crippen molar-refractivity contribution in [1.29, 1.82) is 0 Å². The lowest BCUT2D eigenvalue weighted by Crippen LogP contribution is -2.09. The minimum atomic E-state index is -0.357. The molecule has 0 spiro atoms. The lowest BCUT2D eigenvalue weighted by molar-refractivity contribution is -0.138. The zero-order chi connectivity index (χ0) is 12.9. The van der Waals surface area contributed by atoms with E-state index in [4.69, 9.17) is 18.9 Å². The zero-order valence-corrected chi connectivity index (χ0v) is 10.9. The highest BCUT2D eigenvalue weighted by Crippen LogP contribution is 1.97. The Hall–Kier alpha value is -1.07. The maximum atomic E-state index is 11.2. The standard InChI is InChI=1S/C12H22O5/c1-4-14-6-7-15-8-9-16-10-11(3)12(13)17-5-2/h10H,4-9H2,1-3H3. The summed E-state index contributed by atoms with van der Waals surface area (Å²) in [7, 11) is 0. The predicted molar refractivity (Wildman–Crippen MR) is 63.7 cm³/mol. The Morgan fingerprint density at radius 1 is 1.00 bits per heavy atom. The van der Waals surface area contributed by atoms with E-state index in [1.54, 1.807) is 13.8 Å². The van der Waals surface area contributed by atoms with Gasteiger partial charge in [0.05, 0.1) is 38.3 Å². The van der Waals surface area contributed by atoms with Gasteiger partial charge in [-0.2, -0.15) is 0 Å². The van der Waals surface area contributed by atoms with E-state index in [2.05, 4.69) is 0 Å². The topological polar surface area (TPSA) is 54.0 Å². The van der Waals surface area contributed by atoms with E-state index >= 15 is 0 Å². The van der Waals surface area contributed by atoms with E-state index in [1.807, 2.05) is 6.92 Å². The molecule has 5 heteroatoms. The third-order valence-corrected chi connectivity index (χ3v) is 1.78. The number of hydrogen-bond donors (Lipinski definition) is 0. The summed E-state index contributed by atoms with van der Waals surface area (Å²) in [4.78, 5) is 11.2. The van der Waals surface area contributed by atoms with Gasteiger partial charge in [-0.1, -0.05) is 0 Å². The van der Waals surface area contributed by atoms with E-state index in [1.165, 1.54) is 6.26 Å². The van der Waals surface area contributed by atoms with Gasteiger partial charge in [0.2, 0.25) is 0 Å². The van der Waals surface area contributed by atoms with Crippen LogP contribution in [0.1, 0.15) is 20.8 Å². The molecule has 0 amide bonds. The van der Waals surface area contributed by atoms with Gasteiger partial charge >= 0.3 is 5.97 Å². The van der Waals surface area contributed by atoms with Gasteiger partial charge in [0.25, 0.3) is 0 Å². The molecule has 0 heterocycles. The molecule has 0 atom stereocenters. The molecule has 0 aliphatic heterocycles. The maximum absolute atomic E-state index is 11.2. The highest BCUT2D eigenvalue weighted by Gasteiger charge is 2.03. The molecule has 0 saturated heterocycles. The first-order valence-electron chi connectivity index (χ1n) is 5.83. The van der Waals surface area contributed by atoms with Crippen molar-refractivity contribution in [2.75, 3.05) is 39.6 Å². The monoisotopic (exact) mass is 246 g/mol. The van der Waals surface area contributed by atoms with Crippen molar-refractivity contribution in [1.82, 2.24) is 0 Å². The first kappa shape index (κ1) is 15.9. The molecule has 100 valence electrons. The summed E-state index contributed by atoms with van der Waals surface area (Å²) >= 11 is 0. The van der Waals surface area contributed by atoms with Crippen molar-refractivity contribution in [3.05, 3.63) is 11.8 Å². The third kappa shape index (κ3) is 9.84. The Bertz CT molecular complexity index is 225. The lowest BCUT2D eigenvalue weighted by Gasteiger charge is -2.05. The molecule has 0 aromatic heterocycles. The largest absolute Gasteiger partial charge is 0.498 e. The number of carbonyl (C=O) groups is 1.